The van der Waals surface area contributed by atoms with Crippen LogP contribution in [0.5, 0.6) is 0 Å². The van der Waals surface area contributed by atoms with Crippen LogP contribution in [0.3, 0.4) is 0 Å². The number of hydrogen-bond donors (Lipinski definition) is 1. The number of benzene rings is 1. The van der Waals surface area contributed by atoms with Gasteiger partial charge in [0.05, 0.1) is 5.69 Å². The van der Waals surface area contributed by atoms with E-state index in [0.717, 1.165) is 28.7 Å². The summed E-state index contributed by atoms with van der Waals surface area (Å²) in [7, 11) is 0. The summed E-state index contributed by atoms with van der Waals surface area (Å²) >= 11 is 3.41. The Morgan fingerprint density at radius 3 is 2.80 bits per heavy atom. The number of aromatic nitrogens is 2. The van der Waals surface area contributed by atoms with Gasteiger partial charge in [-0.25, -0.2) is 0 Å². The fourth-order valence-corrected chi connectivity index (χ4v) is 2.34. The Morgan fingerprint density at radius 2 is 2.15 bits per heavy atom. The topological polar surface area (TPSA) is 46.9 Å². The second kappa shape index (κ2) is 6.70. The van der Waals surface area contributed by atoms with Crippen LogP contribution in [0.4, 0.5) is 5.69 Å². The maximum Gasteiger partial charge on any atom is 0.273 e. The summed E-state index contributed by atoms with van der Waals surface area (Å²) in [5.41, 5.74) is 3.47. The molecule has 0 bridgehead atoms. The Bertz CT molecular complexity index is 607. The molecule has 5 heteroatoms. The smallest absolute Gasteiger partial charge is 0.273 e. The standard InChI is InChI=1S/C15H18BrN3O/c1-3-12-9-14(19(4-2)18-12)15(20)17-13-7-5-6-11(8-13)10-16/h5-9H,3-4,10H2,1-2H3,(H,17,20). The van der Waals surface area contributed by atoms with E-state index in [1.54, 1.807) is 4.68 Å². The number of amides is 1. The number of rotatable bonds is 5. The quantitative estimate of drug-likeness (QED) is 0.848. The van der Waals surface area contributed by atoms with Gasteiger partial charge in [0.25, 0.3) is 5.91 Å². The number of hydrogen-bond acceptors (Lipinski definition) is 2. The van der Waals surface area contributed by atoms with Crippen molar-refractivity contribution in [2.24, 2.45) is 0 Å². The van der Waals surface area contributed by atoms with Gasteiger partial charge in [0.15, 0.2) is 0 Å². The van der Waals surface area contributed by atoms with Crippen molar-refractivity contribution in [3.8, 4) is 0 Å². The molecule has 2 rings (SSSR count). The third-order valence-corrected chi connectivity index (χ3v) is 3.71. The van der Waals surface area contributed by atoms with Crippen molar-refractivity contribution < 1.29 is 4.79 Å². The molecule has 1 amide bonds. The summed E-state index contributed by atoms with van der Waals surface area (Å²) in [4.78, 5) is 12.3. The Balaban J connectivity index is 2.20. The molecule has 0 saturated heterocycles. The number of aryl methyl sites for hydroxylation is 2. The highest BCUT2D eigenvalue weighted by Crippen LogP contribution is 2.15. The van der Waals surface area contributed by atoms with E-state index in [4.69, 9.17) is 0 Å². The fourth-order valence-electron chi connectivity index (χ4n) is 1.99. The lowest BCUT2D eigenvalue weighted by atomic mass is 10.2. The van der Waals surface area contributed by atoms with Gasteiger partial charge in [-0.15, -0.1) is 0 Å². The van der Waals surface area contributed by atoms with Crippen LogP contribution in [0.1, 0.15) is 35.6 Å². The molecular formula is C15H18BrN3O. The second-order valence-corrected chi connectivity index (χ2v) is 5.04. The van der Waals surface area contributed by atoms with E-state index in [2.05, 4.69) is 26.3 Å². The maximum atomic E-state index is 12.3. The minimum Gasteiger partial charge on any atom is -0.321 e. The van der Waals surface area contributed by atoms with E-state index in [-0.39, 0.29) is 5.91 Å². The first-order valence-electron chi connectivity index (χ1n) is 6.70. The molecule has 0 atom stereocenters. The van der Waals surface area contributed by atoms with Crippen molar-refractivity contribution in [1.29, 1.82) is 0 Å². The summed E-state index contributed by atoms with van der Waals surface area (Å²) < 4.78 is 1.74. The van der Waals surface area contributed by atoms with Crippen molar-refractivity contribution >= 4 is 27.5 Å². The third kappa shape index (κ3) is 3.28. The predicted octanol–water partition coefficient (Wildman–Crippen LogP) is 3.61. The Morgan fingerprint density at radius 1 is 1.35 bits per heavy atom. The summed E-state index contributed by atoms with van der Waals surface area (Å²) in [6.45, 7) is 4.70. The van der Waals surface area contributed by atoms with Gasteiger partial charge in [0.1, 0.15) is 5.69 Å². The molecule has 1 aromatic carbocycles. The molecule has 20 heavy (non-hydrogen) atoms. The molecule has 106 valence electrons. The molecule has 1 aromatic heterocycles. The average molecular weight is 336 g/mol. The van der Waals surface area contributed by atoms with Crippen LogP contribution >= 0.6 is 15.9 Å². The van der Waals surface area contributed by atoms with E-state index >= 15 is 0 Å². The van der Waals surface area contributed by atoms with Crippen molar-refractivity contribution in [2.75, 3.05) is 5.32 Å². The highest BCUT2D eigenvalue weighted by atomic mass is 79.9. The zero-order valence-corrected chi connectivity index (χ0v) is 13.3. The van der Waals surface area contributed by atoms with E-state index in [9.17, 15) is 4.79 Å². The Hall–Kier alpha value is -1.62. The van der Waals surface area contributed by atoms with Crippen LogP contribution in [0.15, 0.2) is 30.3 Å². The molecule has 1 heterocycles. The number of alkyl halides is 1. The van der Waals surface area contributed by atoms with Crippen molar-refractivity contribution in [3.63, 3.8) is 0 Å². The fraction of sp³-hybridized carbons (Fsp3) is 0.333. The van der Waals surface area contributed by atoms with Crippen LogP contribution in [-0.4, -0.2) is 15.7 Å². The van der Waals surface area contributed by atoms with E-state index in [0.29, 0.717) is 12.2 Å². The summed E-state index contributed by atoms with van der Waals surface area (Å²) in [5, 5.41) is 8.08. The van der Waals surface area contributed by atoms with Gasteiger partial charge < -0.3 is 5.32 Å². The second-order valence-electron chi connectivity index (χ2n) is 4.48. The van der Waals surface area contributed by atoms with E-state index in [1.807, 2.05) is 44.2 Å². The van der Waals surface area contributed by atoms with Gasteiger partial charge in [-0.3, -0.25) is 9.48 Å². The van der Waals surface area contributed by atoms with Crippen molar-refractivity contribution in [3.05, 3.63) is 47.3 Å². The number of carbonyl (C=O) groups excluding carboxylic acids is 1. The van der Waals surface area contributed by atoms with Crippen LogP contribution in [0.25, 0.3) is 0 Å². The van der Waals surface area contributed by atoms with Gasteiger partial charge in [-0.2, -0.15) is 5.10 Å². The summed E-state index contributed by atoms with van der Waals surface area (Å²) in [6, 6.07) is 9.64. The zero-order valence-electron chi connectivity index (χ0n) is 11.7. The van der Waals surface area contributed by atoms with Crippen LogP contribution in [0.2, 0.25) is 0 Å². The maximum absolute atomic E-state index is 12.3. The zero-order chi connectivity index (χ0) is 14.5. The lowest BCUT2D eigenvalue weighted by Crippen LogP contribution is -2.17. The first kappa shape index (κ1) is 14.8. The number of anilines is 1. The van der Waals surface area contributed by atoms with Crippen LogP contribution in [0, 0.1) is 0 Å². The molecule has 0 unspecified atom stereocenters. The predicted molar refractivity (Wildman–Crippen MR) is 84.3 cm³/mol. The molecule has 0 fully saturated rings. The average Bonchev–Trinajstić information content (AvgIpc) is 2.91. The molecular weight excluding hydrogens is 318 g/mol. The molecule has 0 spiro atoms. The normalized spacial score (nSPS) is 10.6. The SMILES string of the molecule is CCc1cc(C(=O)Nc2cccc(CBr)c2)n(CC)n1. The van der Waals surface area contributed by atoms with Crippen molar-refractivity contribution in [1.82, 2.24) is 9.78 Å². The lowest BCUT2D eigenvalue weighted by molar-refractivity contribution is 0.101. The summed E-state index contributed by atoms with van der Waals surface area (Å²) in [5.74, 6) is -0.120. The molecule has 1 N–H and O–H groups in total. The molecule has 0 aliphatic carbocycles. The summed E-state index contributed by atoms with van der Waals surface area (Å²) in [6.07, 6.45) is 0.826. The largest absolute Gasteiger partial charge is 0.321 e. The molecule has 0 aliphatic heterocycles. The van der Waals surface area contributed by atoms with Gasteiger partial charge in [0, 0.05) is 17.6 Å². The molecule has 4 nitrogen and oxygen atoms in total. The molecule has 2 aromatic rings. The van der Waals surface area contributed by atoms with Gasteiger partial charge in [0.2, 0.25) is 0 Å². The van der Waals surface area contributed by atoms with Crippen LogP contribution < -0.4 is 5.32 Å². The minimum absolute atomic E-state index is 0.120. The highest BCUT2D eigenvalue weighted by Gasteiger charge is 2.14. The Labute approximate surface area is 127 Å². The van der Waals surface area contributed by atoms with Gasteiger partial charge in [-0.1, -0.05) is 35.0 Å². The monoisotopic (exact) mass is 335 g/mol. The first-order valence-corrected chi connectivity index (χ1v) is 7.83. The number of nitrogens with zero attached hydrogens (tertiary/aromatic N) is 2. The Kier molecular flexibility index (Phi) is 4.95. The molecule has 0 radical (unpaired) electrons. The highest BCUT2D eigenvalue weighted by molar-refractivity contribution is 9.08. The van der Waals surface area contributed by atoms with E-state index in [1.165, 1.54) is 0 Å². The van der Waals surface area contributed by atoms with Gasteiger partial charge >= 0.3 is 0 Å². The van der Waals surface area contributed by atoms with E-state index < -0.39 is 0 Å². The van der Waals surface area contributed by atoms with Crippen LogP contribution in [-0.2, 0) is 18.3 Å². The lowest BCUT2D eigenvalue weighted by Gasteiger charge is -2.07. The van der Waals surface area contributed by atoms with Crippen molar-refractivity contribution in [2.45, 2.75) is 32.1 Å². The molecule has 0 saturated carbocycles. The third-order valence-electron chi connectivity index (χ3n) is 3.06. The number of halogens is 1. The molecule has 0 aliphatic rings. The number of carbonyl (C=O) groups is 1. The number of nitrogens with one attached hydrogen (secondary N) is 1. The van der Waals surface area contributed by atoms with Gasteiger partial charge in [-0.05, 0) is 37.1 Å². The minimum atomic E-state index is -0.120. The first-order chi connectivity index (χ1) is 9.67.